The van der Waals surface area contributed by atoms with E-state index in [1.807, 2.05) is 0 Å². The number of carbonyl (C=O) groups excluding carboxylic acids is 2. The van der Waals surface area contributed by atoms with E-state index < -0.39 is 73.2 Å². The van der Waals surface area contributed by atoms with Crippen LogP contribution in [-0.2, 0) is 23.7 Å². The predicted molar refractivity (Wildman–Crippen MR) is 102 cm³/mol. The molecule has 2 amide bonds. The van der Waals surface area contributed by atoms with E-state index >= 15 is 0 Å². The minimum Gasteiger partial charge on any atom is -0.779 e. The molecule has 12 nitrogen and oxygen atoms in total. The van der Waals surface area contributed by atoms with Gasteiger partial charge >= 0.3 is 11.9 Å². The first-order valence-electron chi connectivity index (χ1n) is 8.78. The van der Waals surface area contributed by atoms with E-state index in [0.717, 1.165) is 0 Å². The molecule has 29 heavy (non-hydrogen) atoms. The fourth-order valence-electron chi connectivity index (χ4n) is 2.28. The van der Waals surface area contributed by atoms with E-state index in [1.165, 1.54) is 0 Å². The van der Waals surface area contributed by atoms with E-state index in [0.29, 0.717) is 6.42 Å². The highest BCUT2D eigenvalue weighted by molar-refractivity contribution is 7.81. The summed E-state index contributed by atoms with van der Waals surface area (Å²) in [5.41, 5.74) is 3.63. The van der Waals surface area contributed by atoms with Gasteiger partial charge in [-0.25, -0.2) is 4.79 Å². The van der Waals surface area contributed by atoms with Crippen molar-refractivity contribution in [3.8, 4) is 0 Å². The first-order valence-corrected chi connectivity index (χ1v) is 11.1. The monoisotopic (exact) mass is 457 g/mol. The third-order valence-electron chi connectivity index (χ3n) is 4.28. The highest BCUT2D eigenvalue weighted by Crippen LogP contribution is 2.30. The molecule has 0 saturated heterocycles. The first-order chi connectivity index (χ1) is 13.2. The van der Waals surface area contributed by atoms with Crippen molar-refractivity contribution in [3.63, 3.8) is 0 Å². The first kappa shape index (κ1) is 27.3. The minimum absolute atomic E-state index is 0.140. The van der Waals surface area contributed by atoms with Crippen LogP contribution in [0.2, 0.25) is 0 Å². The third kappa shape index (κ3) is 10.6. The van der Waals surface area contributed by atoms with Gasteiger partial charge in [0, 0.05) is 12.6 Å². The Bertz CT molecular complexity index is 657. The number of carboxylic acid groups (broad SMARTS) is 2. The van der Waals surface area contributed by atoms with E-state index in [-0.39, 0.29) is 6.42 Å². The minimum atomic E-state index is -4.51. The summed E-state index contributed by atoms with van der Waals surface area (Å²) < 4.78 is 10.8. The Morgan fingerprint density at radius 2 is 1.72 bits per heavy atom. The van der Waals surface area contributed by atoms with Crippen LogP contribution in [0.15, 0.2) is 0 Å². The SMILES string of the molecule is CC[C@@H](C)[C@H](NC(=O)[C@@H](S)[C@H]([NH3+])CCP(=O)([O-])O)C(=O)N[C@@H](CC(=O)O)C(=O)O. The maximum absolute atomic E-state index is 12.5. The molecule has 0 bridgehead atoms. The van der Waals surface area contributed by atoms with Crippen molar-refractivity contribution in [1.29, 1.82) is 0 Å². The molecule has 0 heterocycles. The second-order valence-electron chi connectivity index (χ2n) is 6.72. The van der Waals surface area contributed by atoms with E-state index in [2.05, 4.69) is 29.0 Å². The van der Waals surface area contributed by atoms with Crippen molar-refractivity contribution < 1.29 is 49.5 Å². The molecule has 6 atom stereocenters. The van der Waals surface area contributed by atoms with Crippen molar-refractivity contribution >= 4 is 44.0 Å². The molecule has 168 valence electrons. The van der Waals surface area contributed by atoms with Crippen LogP contribution < -0.4 is 21.3 Å². The Balaban J connectivity index is 5.20. The summed E-state index contributed by atoms with van der Waals surface area (Å²) in [6.07, 6.45) is -1.13. The average Bonchev–Trinajstić information content (AvgIpc) is 2.60. The zero-order chi connectivity index (χ0) is 22.9. The van der Waals surface area contributed by atoms with Crippen LogP contribution in [-0.4, -0.2) is 68.4 Å². The van der Waals surface area contributed by atoms with Crippen molar-refractivity contribution in [2.45, 2.75) is 56.5 Å². The molecule has 0 aromatic carbocycles. The molecule has 0 aromatic rings. The number of carbonyl (C=O) groups is 4. The number of quaternary nitrogens is 1. The summed E-state index contributed by atoms with van der Waals surface area (Å²) in [6, 6.07) is -3.65. The highest BCUT2D eigenvalue weighted by Gasteiger charge is 2.34. The normalized spacial score (nSPS) is 18.4. The number of hydrogen-bond donors (Lipinski definition) is 7. The fraction of sp³-hybridized carbons (Fsp3) is 0.733. The molecule has 0 fully saturated rings. The fourth-order valence-corrected chi connectivity index (χ4v) is 3.16. The zero-order valence-electron chi connectivity index (χ0n) is 16.1. The van der Waals surface area contributed by atoms with E-state index in [4.69, 9.17) is 15.1 Å². The molecule has 8 N–H and O–H groups in total. The maximum Gasteiger partial charge on any atom is 0.326 e. The molecule has 0 aliphatic heterocycles. The number of carboxylic acids is 2. The third-order valence-corrected chi connectivity index (χ3v) is 5.76. The summed E-state index contributed by atoms with van der Waals surface area (Å²) in [4.78, 5) is 66.5. The molecule has 0 saturated carbocycles. The average molecular weight is 457 g/mol. The van der Waals surface area contributed by atoms with Crippen LogP contribution in [0.5, 0.6) is 0 Å². The number of nitrogens with one attached hydrogen (secondary N) is 2. The standard InChI is InChI=1S/C15H28N3O9PS/c1-3-7(2)11(13(21)17-9(15(23)24)6-10(19)20)18-14(22)12(29)8(16)4-5-28(25,26)27/h7-9,11-12,29H,3-6,16H2,1-2H3,(H,17,21)(H,18,22)(H,19,20)(H,23,24)(H2,25,26,27)/t7-,8-,9+,11+,12+/m1/s1. The second-order valence-corrected chi connectivity index (χ2v) is 9.00. The number of rotatable bonds is 13. The lowest BCUT2D eigenvalue weighted by Gasteiger charge is -2.27. The summed E-state index contributed by atoms with van der Waals surface area (Å²) in [5.74, 6) is -5.00. The van der Waals surface area contributed by atoms with Crippen molar-refractivity contribution in [2.75, 3.05) is 6.16 Å². The summed E-state index contributed by atoms with van der Waals surface area (Å²) in [5, 5.41) is 21.2. The number of aliphatic carboxylic acids is 2. The number of hydrogen-bond acceptors (Lipinski definition) is 7. The topological polar surface area (TPSA) is 221 Å². The molecule has 0 aliphatic carbocycles. The smallest absolute Gasteiger partial charge is 0.326 e. The van der Waals surface area contributed by atoms with Gasteiger partial charge in [0.1, 0.15) is 31.0 Å². The van der Waals surface area contributed by atoms with Crippen molar-refractivity contribution in [2.24, 2.45) is 5.92 Å². The lowest BCUT2D eigenvalue weighted by molar-refractivity contribution is -0.417. The summed E-state index contributed by atoms with van der Waals surface area (Å²) in [6.45, 7) is 3.37. The van der Waals surface area contributed by atoms with Crippen LogP contribution in [0, 0.1) is 5.92 Å². The lowest BCUT2D eigenvalue weighted by Crippen LogP contribution is -2.68. The van der Waals surface area contributed by atoms with Gasteiger partial charge in [-0.3, -0.25) is 14.4 Å². The zero-order valence-corrected chi connectivity index (χ0v) is 17.9. The Morgan fingerprint density at radius 3 is 2.14 bits per heavy atom. The van der Waals surface area contributed by atoms with Gasteiger partial charge in [0.2, 0.25) is 11.8 Å². The molecule has 0 aliphatic rings. The van der Waals surface area contributed by atoms with Gasteiger partial charge in [-0.05, 0) is 5.92 Å². The van der Waals surface area contributed by atoms with Gasteiger partial charge in [0.15, 0.2) is 0 Å². The molecule has 1 unspecified atom stereocenters. The summed E-state index contributed by atoms with van der Waals surface area (Å²) in [7, 11) is -4.51. The Kier molecular flexibility index (Phi) is 11.4. The van der Waals surface area contributed by atoms with Crippen LogP contribution in [0.4, 0.5) is 0 Å². The van der Waals surface area contributed by atoms with Crippen molar-refractivity contribution in [1.82, 2.24) is 10.6 Å². The quantitative estimate of drug-likeness (QED) is 0.114. The number of thiol groups is 1. The van der Waals surface area contributed by atoms with Crippen LogP contribution in [0.25, 0.3) is 0 Å². The summed E-state index contributed by atoms with van der Waals surface area (Å²) >= 11 is 4.09. The lowest BCUT2D eigenvalue weighted by atomic mass is 9.97. The largest absolute Gasteiger partial charge is 0.779 e. The molecular weight excluding hydrogens is 429 g/mol. The van der Waals surface area contributed by atoms with Gasteiger partial charge in [-0.2, -0.15) is 12.6 Å². The number of amides is 2. The van der Waals surface area contributed by atoms with Crippen LogP contribution >= 0.6 is 20.2 Å². The highest BCUT2D eigenvalue weighted by atomic mass is 32.1. The van der Waals surface area contributed by atoms with Gasteiger partial charge in [-0.1, -0.05) is 20.3 Å². The van der Waals surface area contributed by atoms with Gasteiger partial charge in [0.05, 0.1) is 6.42 Å². The van der Waals surface area contributed by atoms with E-state index in [9.17, 15) is 28.6 Å². The molecular formula is C15H28N3O9PS. The van der Waals surface area contributed by atoms with Crippen molar-refractivity contribution in [3.05, 3.63) is 0 Å². The molecule has 0 spiro atoms. The molecule has 0 radical (unpaired) electrons. The van der Waals surface area contributed by atoms with Crippen LogP contribution in [0.3, 0.4) is 0 Å². The second kappa shape index (κ2) is 12.1. The maximum atomic E-state index is 12.5. The van der Waals surface area contributed by atoms with Gasteiger partial charge in [0.25, 0.3) is 0 Å². The molecule has 0 rings (SSSR count). The van der Waals surface area contributed by atoms with Crippen LogP contribution in [0.1, 0.15) is 33.1 Å². The Labute approximate surface area is 173 Å². The Hall–Kier alpha value is -1.66. The molecule has 14 heteroatoms. The van der Waals surface area contributed by atoms with E-state index in [1.54, 1.807) is 13.8 Å². The predicted octanol–water partition coefficient (Wildman–Crippen LogP) is -2.59. The van der Waals surface area contributed by atoms with Gasteiger partial charge < -0.3 is 40.9 Å². The molecule has 0 aromatic heterocycles. The Morgan fingerprint density at radius 1 is 1.17 bits per heavy atom. The van der Waals surface area contributed by atoms with Gasteiger partial charge in [-0.15, -0.1) is 0 Å².